The smallest absolute Gasteiger partial charge is 0.327 e. The van der Waals surface area contributed by atoms with E-state index in [0.29, 0.717) is 10.1 Å². The summed E-state index contributed by atoms with van der Waals surface area (Å²) in [7, 11) is 1.60. The Labute approximate surface area is 102 Å². The lowest BCUT2D eigenvalue weighted by Gasteiger charge is -2.11. The average Bonchev–Trinajstić information content (AvgIpc) is 2.81. The number of carbonyl (C=O) groups is 2. The van der Waals surface area contributed by atoms with Crippen LogP contribution in [0.15, 0.2) is 0 Å². The molecule has 3 amide bonds. The lowest BCUT2D eigenvalue weighted by molar-refractivity contribution is -0.125. The summed E-state index contributed by atoms with van der Waals surface area (Å²) in [6.07, 6.45) is 0. The predicted molar refractivity (Wildman–Crippen MR) is 62.6 cm³/mol. The number of imide groups is 1. The highest BCUT2D eigenvalue weighted by Crippen LogP contribution is 2.19. The van der Waals surface area contributed by atoms with Crippen molar-refractivity contribution in [2.24, 2.45) is 0 Å². The highest BCUT2D eigenvalue weighted by Gasteiger charge is 2.34. The lowest BCUT2D eigenvalue weighted by Crippen LogP contribution is -2.30. The van der Waals surface area contributed by atoms with Gasteiger partial charge >= 0.3 is 6.03 Å². The predicted octanol–water partition coefficient (Wildman–Crippen LogP) is 0.364. The molecule has 0 aromatic carbocycles. The quantitative estimate of drug-likeness (QED) is 0.786. The van der Waals surface area contributed by atoms with Crippen molar-refractivity contribution >= 4 is 28.4 Å². The maximum atomic E-state index is 11.6. The molecule has 0 spiro atoms. The van der Waals surface area contributed by atoms with Crippen LogP contribution in [0.5, 0.6) is 0 Å². The summed E-state index contributed by atoms with van der Waals surface area (Å²) in [4.78, 5) is 25.7. The van der Waals surface area contributed by atoms with Crippen molar-refractivity contribution in [1.82, 2.24) is 20.0 Å². The summed E-state index contributed by atoms with van der Waals surface area (Å²) in [5.41, 5.74) is 0. The van der Waals surface area contributed by atoms with E-state index >= 15 is 0 Å². The van der Waals surface area contributed by atoms with Gasteiger partial charge in [0.25, 0.3) is 5.91 Å². The van der Waals surface area contributed by atoms with E-state index in [1.54, 1.807) is 7.05 Å². The molecule has 0 radical (unpaired) electrons. The first-order valence-electron chi connectivity index (χ1n) is 5.23. The zero-order valence-corrected chi connectivity index (χ0v) is 10.5. The number of nitrogens with one attached hydrogen (secondary N) is 1. The molecule has 17 heavy (non-hydrogen) atoms. The third-order valence-corrected chi connectivity index (χ3v) is 3.18. The standard InChI is InChI=1S/C9H13N5O2S/c1-3-10-8-12-11-6(17-8)4-14-7(15)5-13(2)9(14)16/h3-5H2,1-2H3,(H,10,12). The van der Waals surface area contributed by atoms with Crippen molar-refractivity contribution in [3.8, 4) is 0 Å². The van der Waals surface area contributed by atoms with E-state index in [1.807, 2.05) is 6.92 Å². The Bertz CT molecular complexity index is 446. The minimum absolute atomic E-state index is 0.137. The van der Waals surface area contributed by atoms with E-state index < -0.39 is 0 Å². The van der Waals surface area contributed by atoms with E-state index in [1.165, 1.54) is 21.1 Å². The van der Waals surface area contributed by atoms with Gasteiger partial charge in [-0.2, -0.15) is 0 Å². The number of nitrogens with zero attached hydrogens (tertiary/aromatic N) is 4. The second-order valence-electron chi connectivity index (χ2n) is 3.65. The van der Waals surface area contributed by atoms with Crippen LogP contribution in [0.2, 0.25) is 0 Å². The Kier molecular flexibility index (Phi) is 3.23. The summed E-state index contributed by atoms with van der Waals surface area (Å²) in [6, 6.07) is -0.282. The van der Waals surface area contributed by atoms with Gasteiger partial charge in [0.1, 0.15) is 11.6 Å². The summed E-state index contributed by atoms with van der Waals surface area (Å²) in [5.74, 6) is -0.197. The van der Waals surface area contributed by atoms with Crippen LogP contribution in [0.25, 0.3) is 0 Å². The summed E-state index contributed by atoms with van der Waals surface area (Å²) in [6.45, 7) is 3.06. The van der Waals surface area contributed by atoms with E-state index in [-0.39, 0.29) is 25.0 Å². The number of likely N-dealkylation sites (N-methyl/N-ethyl adjacent to an activating group) is 1. The Hall–Kier alpha value is -1.70. The fourth-order valence-corrected chi connectivity index (χ4v) is 2.30. The average molecular weight is 255 g/mol. The van der Waals surface area contributed by atoms with Crippen LogP contribution in [0.1, 0.15) is 11.9 Å². The fraction of sp³-hybridized carbons (Fsp3) is 0.556. The van der Waals surface area contributed by atoms with Crippen molar-refractivity contribution in [1.29, 1.82) is 0 Å². The van der Waals surface area contributed by atoms with E-state index in [9.17, 15) is 9.59 Å². The molecule has 0 unspecified atom stereocenters. The number of hydrogen-bond acceptors (Lipinski definition) is 6. The summed E-state index contributed by atoms with van der Waals surface area (Å²) < 4.78 is 0. The second kappa shape index (κ2) is 4.66. The minimum atomic E-state index is -0.282. The number of rotatable bonds is 4. The van der Waals surface area contributed by atoms with E-state index in [2.05, 4.69) is 15.5 Å². The Morgan fingerprint density at radius 2 is 2.18 bits per heavy atom. The van der Waals surface area contributed by atoms with Gasteiger partial charge < -0.3 is 10.2 Å². The first kappa shape index (κ1) is 11.8. The van der Waals surface area contributed by atoms with Gasteiger partial charge in [0.2, 0.25) is 5.13 Å². The van der Waals surface area contributed by atoms with Gasteiger partial charge in [0.05, 0.1) is 6.54 Å². The molecular weight excluding hydrogens is 242 g/mol. The molecule has 1 saturated heterocycles. The molecule has 1 fully saturated rings. The molecule has 92 valence electrons. The third-order valence-electron chi connectivity index (χ3n) is 2.32. The molecule has 8 heteroatoms. The largest absolute Gasteiger partial charge is 0.360 e. The van der Waals surface area contributed by atoms with Crippen LogP contribution in [0.4, 0.5) is 9.93 Å². The van der Waals surface area contributed by atoms with Gasteiger partial charge in [-0.3, -0.25) is 9.69 Å². The maximum Gasteiger partial charge on any atom is 0.327 e. The van der Waals surface area contributed by atoms with Crippen molar-refractivity contribution in [3.05, 3.63) is 5.01 Å². The Morgan fingerprint density at radius 1 is 1.41 bits per heavy atom. The molecular formula is C9H13N5O2S. The fourth-order valence-electron chi connectivity index (χ4n) is 1.50. The number of anilines is 1. The summed E-state index contributed by atoms with van der Waals surface area (Å²) in [5, 5.41) is 12.2. The Morgan fingerprint density at radius 3 is 2.76 bits per heavy atom. The van der Waals surface area contributed by atoms with Crippen LogP contribution in [0, 0.1) is 0 Å². The van der Waals surface area contributed by atoms with Crippen molar-refractivity contribution in [2.75, 3.05) is 25.5 Å². The number of aromatic nitrogens is 2. The van der Waals surface area contributed by atoms with Crippen LogP contribution in [-0.4, -0.2) is 52.1 Å². The highest BCUT2D eigenvalue weighted by atomic mass is 32.1. The van der Waals surface area contributed by atoms with Crippen LogP contribution in [-0.2, 0) is 11.3 Å². The zero-order valence-electron chi connectivity index (χ0n) is 9.63. The SMILES string of the molecule is CCNc1nnc(CN2C(=O)CN(C)C2=O)s1. The highest BCUT2D eigenvalue weighted by molar-refractivity contribution is 7.15. The van der Waals surface area contributed by atoms with Crippen molar-refractivity contribution in [2.45, 2.75) is 13.5 Å². The normalized spacial score (nSPS) is 15.9. The van der Waals surface area contributed by atoms with Gasteiger partial charge in [0.15, 0.2) is 0 Å². The molecule has 0 aliphatic carbocycles. The van der Waals surface area contributed by atoms with Gasteiger partial charge in [-0.1, -0.05) is 11.3 Å². The minimum Gasteiger partial charge on any atom is -0.360 e. The molecule has 1 N–H and O–H groups in total. The molecule has 0 atom stereocenters. The maximum absolute atomic E-state index is 11.6. The van der Waals surface area contributed by atoms with Gasteiger partial charge in [-0.15, -0.1) is 10.2 Å². The van der Waals surface area contributed by atoms with Gasteiger partial charge in [0, 0.05) is 13.6 Å². The van der Waals surface area contributed by atoms with Crippen LogP contribution >= 0.6 is 11.3 Å². The number of urea groups is 1. The third kappa shape index (κ3) is 2.36. The first-order chi connectivity index (χ1) is 8.11. The molecule has 7 nitrogen and oxygen atoms in total. The molecule has 2 heterocycles. The number of carbonyl (C=O) groups excluding carboxylic acids is 2. The Balaban J connectivity index is 2.05. The zero-order chi connectivity index (χ0) is 12.4. The molecule has 1 aromatic heterocycles. The molecule has 1 aliphatic heterocycles. The topological polar surface area (TPSA) is 78.4 Å². The van der Waals surface area contributed by atoms with Gasteiger partial charge in [-0.05, 0) is 6.92 Å². The van der Waals surface area contributed by atoms with Crippen molar-refractivity contribution in [3.63, 3.8) is 0 Å². The number of amides is 3. The van der Waals surface area contributed by atoms with Crippen LogP contribution in [0.3, 0.4) is 0 Å². The van der Waals surface area contributed by atoms with Gasteiger partial charge in [-0.25, -0.2) is 4.79 Å². The lowest BCUT2D eigenvalue weighted by atomic mass is 10.5. The molecule has 0 bridgehead atoms. The first-order valence-corrected chi connectivity index (χ1v) is 6.05. The molecule has 2 rings (SSSR count). The number of hydrogen-bond donors (Lipinski definition) is 1. The molecule has 1 aromatic rings. The molecule has 1 aliphatic rings. The van der Waals surface area contributed by atoms with E-state index in [4.69, 9.17) is 0 Å². The van der Waals surface area contributed by atoms with E-state index in [0.717, 1.165) is 6.54 Å². The van der Waals surface area contributed by atoms with Crippen molar-refractivity contribution < 1.29 is 9.59 Å². The monoisotopic (exact) mass is 255 g/mol. The summed E-state index contributed by atoms with van der Waals surface area (Å²) >= 11 is 1.35. The van der Waals surface area contributed by atoms with Crippen LogP contribution < -0.4 is 5.32 Å². The second-order valence-corrected chi connectivity index (χ2v) is 4.71. The molecule has 0 saturated carbocycles.